The number of carbonyl (C=O) groups is 1. The number of aryl methyl sites for hydroxylation is 2. The summed E-state index contributed by atoms with van der Waals surface area (Å²) in [5.41, 5.74) is 4.42. The van der Waals surface area contributed by atoms with Gasteiger partial charge in [-0.05, 0) is 62.9 Å². The Labute approximate surface area is 144 Å². The maximum absolute atomic E-state index is 13.3. The molecule has 0 spiro atoms. The summed E-state index contributed by atoms with van der Waals surface area (Å²) in [4.78, 5) is 15.2. The van der Waals surface area contributed by atoms with Crippen LogP contribution in [-0.4, -0.2) is 18.6 Å². The van der Waals surface area contributed by atoms with Crippen LogP contribution in [0.3, 0.4) is 0 Å². The molecule has 3 heteroatoms. The third kappa shape index (κ3) is 3.16. The summed E-state index contributed by atoms with van der Waals surface area (Å²) < 4.78 is 5.83. The quantitative estimate of drug-likeness (QED) is 0.843. The van der Waals surface area contributed by atoms with Crippen LogP contribution in [0.5, 0.6) is 5.75 Å². The molecule has 0 fully saturated rings. The van der Waals surface area contributed by atoms with E-state index in [-0.39, 0.29) is 17.9 Å². The third-order valence-electron chi connectivity index (χ3n) is 4.61. The van der Waals surface area contributed by atoms with Gasteiger partial charge in [0.1, 0.15) is 12.4 Å². The average Bonchev–Trinajstić information content (AvgIpc) is 2.57. The molecule has 0 saturated carbocycles. The molecule has 126 valence electrons. The van der Waals surface area contributed by atoms with Gasteiger partial charge in [0.2, 0.25) is 5.91 Å². The standard InChI is InChI=1S/C21H25NO2/c1-14(2)22(19-11-15(3)9-10-16(19)4)21(23)18-12-17-7-5-6-8-20(17)24-13-18/h5-11,14,18H,12-13H2,1-4H3. The average molecular weight is 323 g/mol. The Morgan fingerprint density at radius 2 is 1.92 bits per heavy atom. The zero-order valence-electron chi connectivity index (χ0n) is 14.9. The number of hydrogen-bond acceptors (Lipinski definition) is 2. The zero-order chi connectivity index (χ0) is 17.3. The van der Waals surface area contributed by atoms with E-state index in [0.717, 1.165) is 29.0 Å². The first-order chi connectivity index (χ1) is 11.5. The number of nitrogens with zero attached hydrogens (tertiary/aromatic N) is 1. The summed E-state index contributed by atoms with van der Waals surface area (Å²) in [7, 11) is 0. The van der Waals surface area contributed by atoms with Crippen molar-refractivity contribution in [2.45, 2.75) is 40.2 Å². The number of carbonyl (C=O) groups excluding carboxylic acids is 1. The predicted molar refractivity (Wildman–Crippen MR) is 97.7 cm³/mol. The van der Waals surface area contributed by atoms with Crippen LogP contribution in [-0.2, 0) is 11.2 Å². The number of fused-ring (bicyclic) bond motifs is 1. The fraction of sp³-hybridized carbons (Fsp3) is 0.381. The van der Waals surface area contributed by atoms with E-state index in [0.29, 0.717) is 6.61 Å². The molecule has 1 unspecified atom stereocenters. The smallest absolute Gasteiger partial charge is 0.234 e. The normalized spacial score (nSPS) is 16.5. The van der Waals surface area contributed by atoms with Gasteiger partial charge < -0.3 is 9.64 Å². The van der Waals surface area contributed by atoms with Gasteiger partial charge in [-0.15, -0.1) is 0 Å². The molecule has 0 aliphatic carbocycles. The van der Waals surface area contributed by atoms with E-state index in [4.69, 9.17) is 4.74 Å². The highest BCUT2D eigenvalue weighted by atomic mass is 16.5. The maximum Gasteiger partial charge on any atom is 0.234 e. The summed E-state index contributed by atoms with van der Waals surface area (Å²) in [6.07, 6.45) is 0.739. The summed E-state index contributed by atoms with van der Waals surface area (Å²) in [5, 5.41) is 0. The van der Waals surface area contributed by atoms with Gasteiger partial charge >= 0.3 is 0 Å². The molecule has 2 aromatic carbocycles. The van der Waals surface area contributed by atoms with Gasteiger partial charge in [0.05, 0.1) is 5.92 Å². The molecule has 24 heavy (non-hydrogen) atoms. The van der Waals surface area contributed by atoms with Crippen LogP contribution in [0, 0.1) is 19.8 Å². The molecule has 1 aliphatic heterocycles. The SMILES string of the molecule is Cc1ccc(C)c(N(C(=O)C2COc3ccccc3C2)C(C)C)c1. The zero-order valence-corrected chi connectivity index (χ0v) is 14.9. The fourth-order valence-corrected chi connectivity index (χ4v) is 3.31. The molecular formula is C21H25NO2. The van der Waals surface area contributed by atoms with Crippen molar-refractivity contribution in [1.82, 2.24) is 0 Å². The lowest BCUT2D eigenvalue weighted by atomic mass is 9.94. The van der Waals surface area contributed by atoms with Crippen molar-refractivity contribution in [3.63, 3.8) is 0 Å². The van der Waals surface area contributed by atoms with E-state index in [9.17, 15) is 4.79 Å². The predicted octanol–water partition coefficient (Wildman–Crippen LogP) is 4.30. The van der Waals surface area contributed by atoms with Crippen LogP contribution in [0.15, 0.2) is 42.5 Å². The number of para-hydroxylation sites is 1. The molecular weight excluding hydrogens is 298 g/mol. The van der Waals surface area contributed by atoms with Gasteiger partial charge in [-0.1, -0.05) is 30.3 Å². The Kier molecular flexibility index (Phi) is 4.61. The molecule has 0 saturated heterocycles. The van der Waals surface area contributed by atoms with E-state index < -0.39 is 0 Å². The molecule has 1 amide bonds. The monoisotopic (exact) mass is 323 g/mol. The molecule has 1 heterocycles. The summed E-state index contributed by atoms with van der Waals surface area (Å²) in [6, 6.07) is 14.4. The number of hydrogen-bond donors (Lipinski definition) is 0. The minimum absolute atomic E-state index is 0.107. The Bertz CT molecular complexity index is 751. The van der Waals surface area contributed by atoms with Crippen LogP contribution in [0.25, 0.3) is 0 Å². The van der Waals surface area contributed by atoms with Crippen molar-refractivity contribution in [1.29, 1.82) is 0 Å². The van der Waals surface area contributed by atoms with Crippen molar-refractivity contribution in [3.8, 4) is 5.75 Å². The first kappa shape index (κ1) is 16.6. The molecule has 3 rings (SSSR count). The second-order valence-electron chi connectivity index (χ2n) is 6.91. The van der Waals surface area contributed by atoms with Crippen LogP contribution in [0.2, 0.25) is 0 Å². The van der Waals surface area contributed by atoms with Gasteiger partial charge in [-0.3, -0.25) is 4.79 Å². The lowest BCUT2D eigenvalue weighted by molar-refractivity contribution is -0.124. The van der Waals surface area contributed by atoms with Crippen molar-refractivity contribution in [2.24, 2.45) is 5.92 Å². The highest BCUT2D eigenvalue weighted by molar-refractivity contribution is 5.96. The van der Waals surface area contributed by atoms with E-state index in [2.05, 4.69) is 45.9 Å². The van der Waals surface area contributed by atoms with Crippen LogP contribution in [0.1, 0.15) is 30.5 Å². The van der Waals surface area contributed by atoms with Crippen LogP contribution in [0.4, 0.5) is 5.69 Å². The van der Waals surface area contributed by atoms with E-state index >= 15 is 0 Å². The minimum atomic E-state index is -0.137. The number of benzene rings is 2. The first-order valence-corrected chi connectivity index (χ1v) is 8.58. The summed E-state index contributed by atoms with van der Waals surface area (Å²) in [6.45, 7) is 8.70. The molecule has 3 nitrogen and oxygen atoms in total. The van der Waals surface area contributed by atoms with Crippen molar-refractivity contribution >= 4 is 11.6 Å². The Balaban J connectivity index is 1.90. The topological polar surface area (TPSA) is 29.5 Å². The molecule has 1 atom stereocenters. The fourth-order valence-electron chi connectivity index (χ4n) is 3.31. The Morgan fingerprint density at radius 1 is 1.17 bits per heavy atom. The third-order valence-corrected chi connectivity index (χ3v) is 4.61. The molecule has 0 radical (unpaired) electrons. The van der Waals surface area contributed by atoms with Crippen LogP contribution >= 0.6 is 0 Å². The summed E-state index contributed by atoms with van der Waals surface area (Å²) >= 11 is 0. The summed E-state index contributed by atoms with van der Waals surface area (Å²) in [5.74, 6) is 0.916. The molecule has 0 aromatic heterocycles. The highest BCUT2D eigenvalue weighted by Gasteiger charge is 2.32. The molecule has 2 aromatic rings. The van der Waals surface area contributed by atoms with Crippen molar-refractivity contribution in [2.75, 3.05) is 11.5 Å². The number of ether oxygens (including phenoxy) is 1. The highest BCUT2D eigenvalue weighted by Crippen LogP contribution is 2.31. The lowest BCUT2D eigenvalue weighted by Crippen LogP contribution is -2.45. The number of anilines is 1. The number of rotatable bonds is 3. The van der Waals surface area contributed by atoms with Gasteiger partial charge in [-0.2, -0.15) is 0 Å². The minimum Gasteiger partial charge on any atom is -0.492 e. The second kappa shape index (κ2) is 6.68. The van der Waals surface area contributed by atoms with E-state index in [1.165, 1.54) is 5.56 Å². The first-order valence-electron chi connectivity index (χ1n) is 8.58. The molecule has 0 bridgehead atoms. The maximum atomic E-state index is 13.3. The van der Waals surface area contributed by atoms with Gasteiger partial charge in [0, 0.05) is 11.7 Å². The molecule has 0 N–H and O–H groups in total. The van der Waals surface area contributed by atoms with Crippen molar-refractivity contribution in [3.05, 3.63) is 59.2 Å². The van der Waals surface area contributed by atoms with Gasteiger partial charge in [0.25, 0.3) is 0 Å². The van der Waals surface area contributed by atoms with Gasteiger partial charge in [-0.25, -0.2) is 0 Å². The number of amides is 1. The van der Waals surface area contributed by atoms with Crippen molar-refractivity contribution < 1.29 is 9.53 Å². The van der Waals surface area contributed by atoms with Gasteiger partial charge in [0.15, 0.2) is 0 Å². The van der Waals surface area contributed by atoms with Crippen LogP contribution < -0.4 is 9.64 Å². The molecule has 1 aliphatic rings. The lowest BCUT2D eigenvalue weighted by Gasteiger charge is -2.34. The Morgan fingerprint density at radius 3 is 2.67 bits per heavy atom. The largest absolute Gasteiger partial charge is 0.492 e. The van der Waals surface area contributed by atoms with E-state index in [1.54, 1.807) is 0 Å². The Hall–Kier alpha value is -2.29. The van der Waals surface area contributed by atoms with E-state index in [1.807, 2.05) is 29.2 Å². The second-order valence-corrected chi connectivity index (χ2v) is 6.91.